The molecule has 0 spiro atoms. The number of carboxylic acids is 1. The van der Waals surface area contributed by atoms with E-state index in [1.54, 1.807) is 0 Å². The first kappa shape index (κ1) is 13.7. The maximum absolute atomic E-state index is 12.8. The first-order valence-corrected chi connectivity index (χ1v) is 6.90. The van der Waals surface area contributed by atoms with E-state index in [0.29, 0.717) is 10.4 Å². The highest BCUT2D eigenvalue weighted by molar-refractivity contribution is 7.80. The molecule has 5 nitrogen and oxygen atoms in total. The Labute approximate surface area is 114 Å². The lowest BCUT2D eigenvalue weighted by atomic mass is 10.2. The summed E-state index contributed by atoms with van der Waals surface area (Å²) in [4.78, 5) is 11.5. The number of hydrogen-bond donors (Lipinski definition) is 3. The average Bonchev–Trinajstić information content (AvgIpc) is 2.73. The van der Waals surface area contributed by atoms with Gasteiger partial charge in [-0.25, -0.2) is 13.4 Å². The molecule has 1 heterocycles. The summed E-state index contributed by atoms with van der Waals surface area (Å²) in [6, 6.07) is 6.97. The van der Waals surface area contributed by atoms with Gasteiger partial charge < -0.3 is 5.11 Å². The number of nitrogens with one attached hydrogen (secondary N) is 1. The van der Waals surface area contributed by atoms with Gasteiger partial charge in [0, 0.05) is 4.88 Å². The number of rotatable bonds is 4. The van der Waals surface area contributed by atoms with Crippen molar-refractivity contribution in [3.8, 4) is 10.4 Å². The van der Waals surface area contributed by atoms with Crippen LogP contribution in [0.25, 0.3) is 10.4 Å². The third-order valence-corrected chi connectivity index (χ3v) is 3.82. The van der Waals surface area contributed by atoms with Crippen LogP contribution in [0.1, 0.15) is 9.67 Å². The predicted molar refractivity (Wildman–Crippen MR) is 71.1 cm³/mol. The van der Waals surface area contributed by atoms with Gasteiger partial charge in [0.15, 0.2) is 0 Å². The molecule has 0 bridgehead atoms. The van der Waals surface area contributed by atoms with Crippen molar-refractivity contribution in [2.75, 3.05) is 4.72 Å². The number of carbonyl (C=O) groups is 1. The lowest BCUT2D eigenvalue weighted by Crippen LogP contribution is -2.05. The number of anilines is 1. The van der Waals surface area contributed by atoms with Gasteiger partial charge in [-0.15, -0.1) is 11.3 Å². The van der Waals surface area contributed by atoms with Crippen molar-refractivity contribution in [1.29, 1.82) is 0 Å². The van der Waals surface area contributed by atoms with Crippen LogP contribution in [0.15, 0.2) is 30.3 Å². The Hall–Kier alpha value is -1.77. The highest BCUT2D eigenvalue weighted by Gasteiger charge is 2.17. The molecule has 1 unspecified atom stereocenters. The van der Waals surface area contributed by atoms with Crippen molar-refractivity contribution in [3.63, 3.8) is 0 Å². The molecular formula is C11H8FNO4S2. The maximum Gasteiger partial charge on any atom is 0.348 e. The summed E-state index contributed by atoms with van der Waals surface area (Å²) < 4.78 is 34.4. The van der Waals surface area contributed by atoms with E-state index in [1.165, 1.54) is 30.3 Å². The number of carboxylic acid groups (broad SMARTS) is 1. The summed E-state index contributed by atoms with van der Waals surface area (Å²) in [5.74, 6) is -1.60. The number of hydrogen-bond acceptors (Lipinski definition) is 3. The van der Waals surface area contributed by atoms with E-state index in [9.17, 15) is 13.4 Å². The summed E-state index contributed by atoms with van der Waals surface area (Å²) >= 11 is -1.42. The molecule has 1 aromatic heterocycles. The Bertz CT molecular complexity index is 639. The summed E-state index contributed by atoms with van der Waals surface area (Å²) in [6.45, 7) is 0. The molecular weight excluding hydrogens is 293 g/mol. The summed E-state index contributed by atoms with van der Waals surface area (Å²) in [7, 11) is 0. The molecule has 2 rings (SSSR count). The van der Waals surface area contributed by atoms with Gasteiger partial charge in [-0.1, -0.05) is 12.1 Å². The zero-order chi connectivity index (χ0) is 14.0. The summed E-state index contributed by atoms with van der Waals surface area (Å²) in [5, 5.41) is 9.01. The van der Waals surface area contributed by atoms with Crippen molar-refractivity contribution in [3.05, 3.63) is 41.0 Å². The average molecular weight is 301 g/mol. The third kappa shape index (κ3) is 3.16. The SMILES string of the molecule is O=C(O)c1sc(-c2ccc(F)cc2)cc1NS(=O)O. The minimum Gasteiger partial charge on any atom is -0.477 e. The number of halogens is 1. The van der Waals surface area contributed by atoms with Crippen molar-refractivity contribution >= 4 is 34.3 Å². The molecule has 0 aliphatic carbocycles. The minimum absolute atomic E-state index is 0.0534. The quantitative estimate of drug-likeness (QED) is 0.758. The van der Waals surface area contributed by atoms with E-state index in [2.05, 4.69) is 4.72 Å². The van der Waals surface area contributed by atoms with E-state index in [1.807, 2.05) is 0 Å². The van der Waals surface area contributed by atoms with Crippen LogP contribution in [0, 0.1) is 5.82 Å². The molecule has 3 N–H and O–H groups in total. The van der Waals surface area contributed by atoms with E-state index >= 15 is 0 Å². The number of benzene rings is 1. The zero-order valence-electron chi connectivity index (χ0n) is 9.29. The Balaban J connectivity index is 2.45. The second-order valence-corrected chi connectivity index (χ2v) is 5.27. The monoisotopic (exact) mass is 301 g/mol. The van der Waals surface area contributed by atoms with Gasteiger partial charge in [-0.05, 0) is 23.8 Å². The van der Waals surface area contributed by atoms with Crippen LogP contribution in [-0.4, -0.2) is 19.8 Å². The van der Waals surface area contributed by atoms with Crippen LogP contribution >= 0.6 is 11.3 Å². The Kier molecular flexibility index (Phi) is 3.93. The van der Waals surface area contributed by atoms with Crippen LogP contribution in [0.2, 0.25) is 0 Å². The van der Waals surface area contributed by atoms with Gasteiger partial charge >= 0.3 is 5.97 Å². The van der Waals surface area contributed by atoms with Crippen LogP contribution in [0.3, 0.4) is 0 Å². The topological polar surface area (TPSA) is 86.6 Å². The molecule has 2 aromatic rings. The fraction of sp³-hybridized carbons (Fsp3) is 0. The van der Waals surface area contributed by atoms with E-state index in [4.69, 9.17) is 9.66 Å². The molecule has 0 saturated heterocycles. The summed E-state index contributed by atoms with van der Waals surface area (Å²) in [6.07, 6.45) is 0. The van der Waals surface area contributed by atoms with E-state index in [-0.39, 0.29) is 10.6 Å². The standard InChI is InChI=1S/C11H8FNO4S2/c12-7-3-1-6(2-4-7)9-5-8(13-19(16)17)10(18-9)11(14)15/h1-5,13H,(H,14,15)(H,16,17). The van der Waals surface area contributed by atoms with Crippen LogP contribution < -0.4 is 4.72 Å². The molecule has 0 aliphatic rings. The Morgan fingerprint density at radius 2 is 1.95 bits per heavy atom. The normalized spacial score (nSPS) is 12.1. The van der Waals surface area contributed by atoms with Crippen LogP contribution in [0.4, 0.5) is 10.1 Å². The van der Waals surface area contributed by atoms with Crippen LogP contribution in [-0.2, 0) is 11.3 Å². The van der Waals surface area contributed by atoms with Gasteiger partial charge in [0.1, 0.15) is 10.7 Å². The first-order chi connectivity index (χ1) is 8.97. The minimum atomic E-state index is -2.36. The van der Waals surface area contributed by atoms with Gasteiger partial charge in [0.05, 0.1) is 5.69 Å². The highest BCUT2D eigenvalue weighted by Crippen LogP contribution is 2.35. The Morgan fingerprint density at radius 3 is 2.47 bits per heavy atom. The second kappa shape index (κ2) is 5.47. The third-order valence-electron chi connectivity index (χ3n) is 2.25. The first-order valence-electron chi connectivity index (χ1n) is 4.98. The molecule has 8 heteroatoms. The Morgan fingerprint density at radius 1 is 1.32 bits per heavy atom. The van der Waals surface area contributed by atoms with Crippen molar-refractivity contribution in [2.45, 2.75) is 0 Å². The summed E-state index contributed by atoms with van der Waals surface area (Å²) in [5.41, 5.74) is 0.684. The van der Waals surface area contributed by atoms with Gasteiger partial charge in [-0.3, -0.25) is 9.27 Å². The molecule has 1 atom stereocenters. The van der Waals surface area contributed by atoms with Gasteiger partial charge in [0.25, 0.3) is 11.3 Å². The molecule has 0 aliphatic heterocycles. The van der Waals surface area contributed by atoms with E-state index in [0.717, 1.165) is 11.3 Å². The van der Waals surface area contributed by atoms with Crippen molar-refractivity contribution in [1.82, 2.24) is 0 Å². The second-order valence-electron chi connectivity index (χ2n) is 3.52. The zero-order valence-corrected chi connectivity index (χ0v) is 10.9. The molecule has 0 saturated carbocycles. The number of aromatic carboxylic acids is 1. The van der Waals surface area contributed by atoms with Crippen LogP contribution in [0.5, 0.6) is 0 Å². The fourth-order valence-electron chi connectivity index (χ4n) is 1.48. The highest BCUT2D eigenvalue weighted by atomic mass is 32.2. The molecule has 0 fully saturated rings. The molecule has 19 heavy (non-hydrogen) atoms. The lowest BCUT2D eigenvalue weighted by Gasteiger charge is -1.98. The molecule has 0 amide bonds. The molecule has 100 valence electrons. The maximum atomic E-state index is 12.8. The van der Waals surface area contributed by atoms with E-state index < -0.39 is 23.1 Å². The van der Waals surface area contributed by atoms with Gasteiger partial charge in [0.2, 0.25) is 0 Å². The van der Waals surface area contributed by atoms with Gasteiger partial charge in [-0.2, -0.15) is 0 Å². The molecule has 0 radical (unpaired) electrons. The lowest BCUT2D eigenvalue weighted by molar-refractivity contribution is 0.0703. The predicted octanol–water partition coefficient (Wildman–Crippen LogP) is 2.80. The molecule has 1 aromatic carbocycles. The van der Waals surface area contributed by atoms with Crippen molar-refractivity contribution < 1.29 is 23.1 Å². The fourth-order valence-corrected chi connectivity index (χ4v) is 2.85. The van der Waals surface area contributed by atoms with Crippen molar-refractivity contribution in [2.24, 2.45) is 0 Å². The smallest absolute Gasteiger partial charge is 0.348 e. The largest absolute Gasteiger partial charge is 0.477 e. The number of thiophene rings is 1.